The zero-order chi connectivity index (χ0) is 18.7. The van der Waals surface area contributed by atoms with Crippen molar-refractivity contribution in [1.82, 2.24) is 0 Å². The molecule has 0 bridgehead atoms. The Morgan fingerprint density at radius 2 is 1.62 bits per heavy atom. The highest BCUT2D eigenvalue weighted by Crippen LogP contribution is 2.30. The summed E-state index contributed by atoms with van der Waals surface area (Å²) in [4.78, 5) is 12.2. The van der Waals surface area contributed by atoms with E-state index in [1.807, 2.05) is 0 Å². The third-order valence-electron chi connectivity index (χ3n) is 3.76. The topological polar surface area (TPSA) is 26.3 Å². The molecule has 2 nitrogen and oxygen atoms in total. The minimum absolute atomic E-state index is 0.142. The molecule has 132 valence electrons. The molecule has 0 spiro atoms. The van der Waals surface area contributed by atoms with Crippen molar-refractivity contribution < 1.29 is 27.1 Å². The fourth-order valence-corrected chi connectivity index (χ4v) is 2.62. The van der Waals surface area contributed by atoms with Gasteiger partial charge in [-0.05, 0) is 41.1 Å². The van der Waals surface area contributed by atoms with Crippen molar-refractivity contribution >= 4 is 22.6 Å². The highest BCUT2D eigenvalue weighted by atomic mass is 19.3. The number of rotatable bonds is 5. The SMILES string of the molecule is O=C(/C=C/c1c(OC(F)F)ccc2ccccc12)c1c(F)cccc1F. The van der Waals surface area contributed by atoms with Crippen LogP contribution in [0.15, 0.2) is 60.7 Å². The van der Waals surface area contributed by atoms with Crippen LogP contribution in [-0.4, -0.2) is 12.4 Å². The van der Waals surface area contributed by atoms with Gasteiger partial charge in [0.05, 0.1) is 5.56 Å². The van der Waals surface area contributed by atoms with E-state index in [0.717, 1.165) is 29.7 Å². The first-order valence-electron chi connectivity index (χ1n) is 7.60. The van der Waals surface area contributed by atoms with Crippen LogP contribution in [0.2, 0.25) is 0 Å². The van der Waals surface area contributed by atoms with Crippen molar-refractivity contribution in [1.29, 1.82) is 0 Å². The minimum Gasteiger partial charge on any atom is -0.434 e. The summed E-state index contributed by atoms with van der Waals surface area (Å²) in [5, 5.41) is 1.29. The van der Waals surface area contributed by atoms with Gasteiger partial charge in [-0.25, -0.2) is 8.78 Å². The first-order chi connectivity index (χ1) is 12.5. The summed E-state index contributed by atoms with van der Waals surface area (Å²) in [6.07, 6.45) is 2.15. The normalized spacial score (nSPS) is 11.4. The lowest BCUT2D eigenvalue weighted by atomic mass is 10.0. The first kappa shape index (κ1) is 17.7. The van der Waals surface area contributed by atoms with Crippen LogP contribution in [0.25, 0.3) is 16.8 Å². The van der Waals surface area contributed by atoms with Gasteiger partial charge in [-0.2, -0.15) is 8.78 Å². The molecule has 0 amide bonds. The summed E-state index contributed by atoms with van der Waals surface area (Å²) in [7, 11) is 0. The van der Waals surface area contributed by atoms with Crippen molar-refractivity contribution in [3.05, 3.63) is 83.4 Å². The average molecular weight is 360 g/mol. The van der Waals surface area contributed by atoms with Crippen LogP contribution in [-0.2, 0) is 0 Å². The summed E-state index contributed by atoms with van der Waals surface area (Å²) in [6.45, 7) is -3.05. The number of carbonyl (C=O) groups is 1. The number of halogens is 4. The van der Waals surface area contributed by atoms with Crippen LogP contribution in [0.5, 0.6) is 5.75 Å². The molecular formula is C20H12F4O2. The summed E-state index contributed by atoms with van der Waals surface area (Å²) in [5.41, 5.74) is -0.492. The Labute approximate surface area is 146 Å². The fraction of sp³-hybridized carbons (Fsp3) is 0.0500. The molecule has 0 radical (unpaired) electrons. The third-order valence-corrected chi connectivity index (χ3v) is 3.76. The van der Waals surface area contributed by atoms with Gasteiger partial charge in [0, 0.05) is 5.56 Å². The maximum absolute atomic E-state index is 13.7. The Morgan fingerprint density at radius 3 is 2.31 bits per heavy atom. The van der Waals surface area contributed by atoms with Crippen molar-refractivity contribution in [3.63, 3.8) is 0 Å². The molecule has 0 unspecified atom stereocenters. The average Bonchev–Trinajstić information content (AvgIpc) is 2.60. The lowest BCUT2D eigenvalue weighted by Gasteiger charge is -2.11. The van der Waals surface area contributed by atoms with Gasteiger partial charge in [0.2, 0.25) is 0 Å². The van der Waals surface area contributed by atoms with Gasteiger partial charge in [-0.15, -0.1) is 0 Å². The quantitative estimate of drug-likeness (QED) is 0.336. The van der Waals surface area contributed by atoms with Crippen molar-refractivity contribution in [2.75, 3.05) is 0 Å². The Kier molecular flexibility index (Phi) is 5.02. The summed E-state index contributed by atoms with van der Waals surface area (Å²) < 4.78 is 57.2. The van der Waals surface area contributed by atoms with Crippen LogP contribution in [0.3, 0.4) is 0 Å². The smallest absolute Gasteiger partial charge is 0.387 e. The molecule has 0 atom stereocenters. The number of benzene rings is 3. The summed E-state index contributed by atoms with van der Waals surface area (Å²) in [5.74, 6) is -3.06. The highest BCUT2D eigenvalue weighted by molar-refractivity contribution is 6.08. The number of allylic oxidation sites excluding steroid dienone is 1. The van der Waals surface area contributed by atoms with E-state index in [2.05, 4.69) is 4.74 Å². The molecule has 0 N–H and O–H groups in total. The maximum atomic E-state index is 13.7. The Hall–Kier alpha value is -3.15. The lowest BCUT2D eigenvalue weighted by Crippen LogP contribution is -2.04. The molecule has 3 aromatic carbocycles. The molecule has 6 heteroatoms. The Bertz CT molecular complexity index is 976. The minimum atomic E-state index is -3.05. The van der Waals surface area contributed by atoms with E-state index in [0.29, 0.717) is 5.39 Å². The second kappa shape index (κ2) is 7.39. The van der Waals surface area contributed by atoms with Gasteiger partial charge in [-0.3, -0.25) is 4.79 Å². The lowest BCUT2D eigenvalue weighted by molar-refractivity contribution is -0.0498. The van der Waals surface area contributed by atoms with E-state index in [4.69, 9.17) is 0 Å². The Morgan fingerprint density at radius 1 is 0.923 bits per heavy atom. The van der Waals surface area contributed by atoms with Gasteiger partial charge in [0.1, 0.15) is 17.4 Å². The van der Waals surface area contributed by atoms with Crippen molar-refractivity contribution in [3.8, 4) is 5.75 Å². The van der Waals surface area contributed by atoms with Crippen LogP contribution in [0, 0.1) is 11.6 Å². The zero-order valence-electron chi connectivity index (χ0n) is 13.3. The number of carbonyl (C=O) groups excluding carboxylic acids is 1. The molecule has 0 aliphatic rings. The second-order valence-electron chi connectivity index (χ2n) is 5.37. The van der Waals surface area contributed by atoms with E-state index < -0.39 is 29.6 Å². The molecule has 0 fully saturated rings. The zero-order valence-corrected chi connectivity index (χ0v) is 13.3. The molecule has 0 aromatic heterocycles. The van der Waals surface area contributed by atoms with E-state index in [1.54, 1.807) is 30.3 Å². The van der Waals surface area contributed by atoms with Crippen LogP contribution in [0.4, 0.5) is 17.6 Å². The van der Waals surface area contributed by atoms with Crippen LogP contribution < -0.4 is 4.74 Å². The van der Waals surface area contributed by atoms with E-state index in [9.17, 15) is 22.4 Å². The van der Waals surface area contributed by atoms with Crippen LogP contribution >= 0.6 is 0 Å². The summed E-state index contributed by atoms with van der Waals surface area (Å²) >= 11 is 0. The number of hydrogen-bond acceptors (Lipinski definition) is 2. The number of alkyl halides is 2. The predicted molar refractivity (Wildman–Crippen MR) is 90.3 cm³/mol. The standard InChI is InChI=1S/C20H12F4O2/c21-15-6-3-7-16(22)19(15)17(25)10-9-14-13-5-2-1-4-12(13)8-11-18(14)26-20(23)24/h1-11,20H/b10-9+. The predicted octanol–water partition coefficient (Wildman–Crippen LogP) is 5.62. The van der Waals surface area contributed by atoms with E-state index in [-0.39, 0.29) is 11.3 Å². The molecule has 0 saturated heterocycles. The number of ether oxygens (including phenoxy) is 1. The molecular weight excluding hydrogens is 348 g/mol. The van der Waals surface area contributed by atoms with Gasteiger partial charge in [0.25, 0.3) is 0 Å². The monoisotopic (exact) mass is 360 g/mol. The molecule has 0 heterocycles. The highest BCUT2D eigenvalue weighted by Gasteiger charge is 2.16. The number of fused-ring (bicyclic) bond motifs is 1. The maximum Gasteiger partial charge on any atom is 0.387 e. The third kappa shape index (κ3) is 3.59. The van der Waals surface area contributed by atoms with Gasteiger partial charge in [-0.1, -0.05) is 36.4 Å². The van der Waals surface area contributed by atoms with Gasteiger partial charge >= 0.3 is 6.61 Å². The summed E-state index contributed by atoms with van der Waals surface area (Å²) in [6, 6.07) is 12.9. The van der Waals surface area contributed by atoms with E-state index in [1.165, 1.54) is 12.1 Å². The molecule has 3 aromatic rings. The number of ketones is 1. The van der Waals surface area contributed by atoms with Gasteiger partial charge < -0.3 is 4.74 Å². The van der Waals surface area contributed by atoms with Gasteiger partial charge in [0.15, 0.2) is 5.78 Å². The van der Waals surface area contributed by atoms with E-state index >= 15 is 0 Å². The second-order valence-corrected chi connectivity index (χ2v) is 5.37. The Balaban J connectivity index is 2.06. The number of hydrogen-bond donors (Lipinski definition) is 0. The molecule has 0 saturated carbocycles. The fourth-order valence-electron chi connectivity index (χ4n) is 2.62. The van der Waals surface area contributed by atoms with Crippen LogP contribution in [0.1, 0.15) is 15.9 Å². The van der Waals surface area contributed by atoms with Crippen molar-refractivity contribution in [2.24, 2.45) is 0 Å². The molecule has 0 aliphatic heterocycles. The molecule has 3 rings (SSSR count). The van der Waals surface area contributed by atoms with Crippen molar-refractivity contribution in [2.45, 2.75) is 6.61 Å². The largest absolute Gasteiger partial charge is 0.434 e. The first-order valence-corrected chi connectivity index (χ1v) is 7.60. The molecule has 0 aliphatic carbocycles. The molecule has 26 heavy (non-hydrogen) atoms.